The molecule has 0 radical (unpaired) electrons. The third kappa shape index (κ3) is 3.93. The Bertz CT molecular complexity index is 272. The average molecular weight is 268 g/mol. The number of nitrogens with two attached hydrogens (primary N) is 1. The summed E-state index contributed by atoms with van der Waals surface area (Å²) in [7, 11) is 1.81. The Labute approximate surface area is 118 Å². The van der Waals surface area contributed by atoms with Crippen LogP contribution in [0.25, 0.3) is 0 Å². The fraction of sp³-hybridized carbons (Fsp3) is 1.00. The number of nitrogens with zero attached hydrogens (tertiary/aromatic N) is 1. The lowest BCUT2D eigenvalue weighted by atomic mass is 9.68. The first-order valence-electron chi connectivity index (χ1n) is 8.00. The Kier molecular flexibility index (Phi) is 5.27. The summed E-state index contributed by atoms with van der Waals surface area (Å²) in [6.07, 6.45) is 6.55. The number of methoxy groups -OCH3 is 1. The molecule has 2 N–H and O–H groups in total. The van der Waals surface area contributed by atoms with Crippen LogP contribution < -0.4 is 5.73 Å². The second-order valence-electron chi connectivity index (χ2n) is 7.37. The molecule has 2 unspecified atom stereocenters. The molecule has 2 rings (SSSR count). The molecule has 0 amide bonds. The fourth-order valence-corrected chi connectivity index (χ4v) is 3.91. The van der Waals surface area contributed by atoms with E-state index in [9.17, 15) is 0 Å². The van der Waals surface area contributed by atoms with Gasteiger partial charge in [0.25, 0.3) is 0 Å². The van der Waals surface area contributed by atoms with Crippen molar-refractivity contribution in [1.29, 1.82) is 0 Å². The van der Waals surface area contributed by atoms with E-state index in [1.807, 2.05) is 7.11 Å². The number of hydrogen-bond donors (Lipinski definition) is 1. The molecule has 2 aliphatic rings. The molecule has 3 nitrogen and oxygen atoms in total. The van der Waals surface area contributed by atoms with E-state index < -0.39 is 0 Å². The molecule has 0 spiro atoms. The van der Waals surface area contributed by atoms with Crippen LogP contribution in [0.4, 0.5) is 0 Å². The van der Waals surface area contributed by atoms with Gasteiger partial charge in [-0.2, -0.15) is 0 Å². The number of rotatable bonds is 4. The third-order valence-corrected chi connectivity index (χ3v) is 5.41. The lowest BCUT2D eigenvalue weighted by Gasteiger charge is -2.44. The first-order chi connectivity index (χ1) is 9.03. The van der Waals surface area contributed by atoms with E-state index >= 15 is 0 Å². The van der Waals surface area contributed by atoms with E-state index in [-0.39, 0.29) is 0 Å². The third-order valence-electron chi connectivity index (χ3n) is 5.41. The van der Waals surface area contributed by atoms with Crippen molar-refractivity contribution in [3.63, 3.8) is 0 Å². The van der Waals surface area contributed by atoms with E-state index in [1.165, 1.54) is 51.7 Å². The Morgan fingerprint density at radius 2 is 1.89 bits per heavy atom. The normalized spacial score (nSPS) is 33.5. The maximum atomic E-state index is 6.50. The molecule has 112 valence electrons. The van der Waals surface area contributed by atoms with Crippen LogP contribution in [0.5, 0.6) is 0 Å². The second kappa shape index (κ2) is 6.55. The van der Waals surface area contributed by atoms with Gasteiger partial charge in [-0.15, -0.1) is 0 Å². The standard InChI is InChI=1S/C16H32N2O/c1-16(2)8-4-5-14(15(16)17)11-18-9-6-13(7-10-18)12-19-3/h13-15H,4-12,17H2,1-3H3. The van der Waals surface area contributed by atoms with Gasteiger partial charge < -0.3 is 15.4 Å². The van der Waals surface area contributed by atoms with E-state index in [4.69, 9.17) is 10.5 Å². The average Bonchev–Trinajstić information content (AvgIpc) is 2.38. The molecule has 1 aliphatic carbocycles. The predicted octanol–water partition coefficient (Wildman–Crippen LogP) is 2.50. The molecule has 0 aromatic carbocycles. The zero-order chi connectivity index (χ0) is 13.9. The maximum absolute atomic E-state index is 6.50. The van der Waals surface area contributed by atoms with Crippen LogP contribution in [0, 0.1) is 17.3 Å². The molecule has 1 heterocycles. The quantitative estimate of drug-likeness (QED) is 0.851. The van der Waals surface area contributed by atoms with Crippen LogP contribution in [0.3, 0.4) is 0 Å². The SMILES string of the molecule is COCC1CCN(CC2CCCC(C)(C)C2N)CC1. The van der Waals surface area contributed by atoms with Crippen molar-refractivity contribution in [3.8, 4) is 0 Å². The summed E-state index contributed by atoms with van der Waals surface area (Å²) in [4.78, 5) is 2.64. The van der Waals surface area contributed by atoms with Crippen LogP contribution >= 0.6 is 0 Å². The Balaban J connectivity index is 1.79. The Morgan fingerprint density at radius 3 is 2.53 bits per heavy atom. The molecular weight excluding hydrogens is 236 g/mol. The Hall–Kier alpha value is -0.120. The van der Waals surface area contributed by atoms with Gasteiger partial charge in [0.15, 0.2) is 0 Å². The molecule has 2 atom stereocenters. The zero-order valence-corrected chi connectivity index (χ0v) is 13.0. The van der Waals surface area contributed by atoms with Crippen LogP contribution in [0.15, 0.2) is 0 Å². The topological polar surface area (TPSA) is 38.5 Å². The maximum Gasteiger partial charge on any atom is 0.0491 e. The summed E-state index contributed by atoms with van der Waals surface area (Å²) in [5, 5.41) is 0. The van der Waals surface area contributed by atoms with Gasteiger partial charge in [0, 0.05) is 26.3 Å². The molecule has 0 aromatic rings. The van der Waals surface area contributed by atoms with Crippen LogP contribution in [-0.4, -0.2) is 44.3 Å². The van der Waals surface area contributed by atoms with Crippen LogP contribution in [-0.2, 0) is 4.74 Å². The molecular formula is C16H32N2O. The molecule has 2 fully saturated rings. The minimum Gasteiger partial charge on any atom is -0.384 e. The summed E-state index contributed by atoms with van der Waals surface area (Å²) in [5.41, 5.74) is 6.83. The lowest BCUT2D eigenvalue weighted by molar-refractivity contribution is 0.0661. The minimum atomic E-state index is 0.331. The highest BCUT2D eigenvalue weighted by atomic mass is 16.5. The van der Waals surface area contributed by atoms with Gasteiger partial charge in [0.1, 0.15) is 0 Å². The number of hydrogen-bond acceptors (Lipinski definition) is 3. The van der Waals surface area contributed by atoms with Crippen molar-refractivity contribution < 1.29 is 4.74 Å². The van der Waals surface area contributed by atoms with Gasteiger partial charge in [-0.05, 0) is 56.0 Å². The monoisotopic (exact) mass is 268 g/mol. The zero-order valence-electron chi connectivity index (χ0n) is 13.0. The van der Waals surface area contributed by atoms with Crippen molar-refractivity contribution >= 4 is 0 Å². The number of likely N-dealkylation sites (tertiary alicyclic amines) is 1. The molecule has 0 aromatic heterocycles. The molecule has 1 aliphatic heterocycles. The van der Waals surface area contributed by atoms with Crippen molar-refractivity contribution in [1.82, 2.24) is 4.90 Å². The van der Waals surface area contributed by atoms with Crippen molar-refractivity contribution in [2.24, 2.45) is 23.0 Å². The minimum absolute atomic E-state index is 0.331. The summed E-state index contributed by atoms with van der Waals surface area (Å²) >= 11 is 0. The van der Waals surface area contributed by atoms with Gasteiger partial charge in [-0.3, -0.25) is 0 Å². The number of ether oxygens (including phenoxy) is 1. The highest BCUT2D eigenvalue weighted by Gasteiger charge is 2.37. The van der Waals surface area contributed by atoms with Crippen molar-refractivity contribution in [3.05, 3.63) is 0 Å². The van der Waals surface area contributed by atoms with E-state index in [1.54, 1.807) is 0 Å². The van der Waals surface area contributed by atoms with Crippen LogP contribution in [0.2, 0.25) is 0 Å². The molecule has 0 bridgehead atoms. The van der Waals surface area contributed by atoms with E-state index in [2.05, 4.69) is 18.7 Å². The van der Waals surface area contributed by atoms with E-state index in [0.717, 1.165) is 12.5 Å². The summed E-state index contributed by atoms with van der Waals surface area (Å²) in [6.45, 7) is 9.30. The largest absolute Gasteiger partial charge is 0.384 e. The fourth-order valence-electron chi connectivity index (χ4n) is 3.91. The molecule has 19 heavy (non-hydrogen) atoms. The van der Waals surface area contributed by atoms with Crippen molar-refractivity contribution in [2.75, 3.05) is 33.4 Å². The van der Waals surface area contributed by atoms with Crippen LogP contribution in [0.1, 0.15) is 46.0 Å². The summed E-state index contributed by atoms with van der Waals surface area (Å²) in [5.74, 6) is 1.47. The Morgan fingerprint density at radius 1 is 1.21 bits per heavy atom. The number of piperidine rings is 1. The van der Waals surface area contributed by atoms with Gasteiger partial charge in [0.05, 0.1) is 0 Å². The smallest absolute Gasteiger partial charge is 0.0491 e. The predicted molar refractivity (Wildman–Crippen MR) is 80.1 cm³/mol. The van der Waals surface area contributed by atoms with Crippen molar-refractivity contribution in [2.45, 2.75) is 52.0 Å². The highest BCUT2D eigenvalue weighted by molar-refractivity contribution is 4.92. The second-order valence-corrected chi connectivity index (χ2v) is 7.37. The first-order valence-corrected chi connectivity index (χ1v) is 8.00. The molecule has 3 heteroatoms. The highest BCUT2D eigenvalue weighted by Crippen LogP contribution is 2.38. The summed E-state index contributed by atoms with van der Waals surface area (Å²) < 4.78 is 5.27. The molecule has 1 saturated carbocycles. The lowest BCUT2D eigenvalue weighted by Crippen LogP contribution is -2.51. The molecule has 1 saturated heterocycles. The van der Waals surface area contributed by atoms with Gasteiger partial charge in [-0.1, -0.05) is 20.3 Å². The van der Waals surface area contributed by atoms with Gasteiger partial charge in [0.2, 0.25) is 0 Å². The van der Waals surface area contributed by atoms with E-state index in [0.29, 0.717) is 17.4 Å². The summed E-state index contributed by atoms with van der Waals surface area (Å²) in [6, 6.07) is 0.373. The van der Waals surface area contributed by atoms with Gasteiger partial charge >= 0.3 is 0 Å². The first kappa shape index (κ1) is 15.3. The van der Waals surface area contributed by atoms with Gasteiger partial charge in [-0.25, -0.2) is 0 Å².